The Morgan fingerprint density at radius 3 is 2.88 bits per heavy atom. The van der Waals surface area contributed by atoms with E-state index in [0.29, 0.717) is 17.8 Å². The Bertz CT molecular complexity index is 388. The summed E-state index contributed by atoms with van der Waals surface area (Å²) in [6.45, 7) is 1.74. The number of allylic oxidation sites excluding steroid dienone is 4. The van der Waals surface area contributed by atoms with Gasteiger partial charge in [0.05, 0.1) is 12.5 Å². The van der Waals surface area contributed by atoms with Crippen LogP contribution in [0.15, 0.2) is 24.3 Å². The molecule has 92 valence electrons. The SMILES string of the molecule is COC(=O)C12CNCC1CC1C=CC=CC1C2. The highest BCUT2D eigenvalue weighted by Gasteiger charge is 2.54. The lowest BCUT2D eigenvalue weighted by atomic mass is 9.60. The van der Waals surface area contributed by atoms with Gasteiger partial charge in [-0.05, 0) is 37.1 Å². The van der Waals surface area contributed by atoms with Crippen LogP contribution in [0, 0.1) is 23.2 Å². The van der Waals surface area contributed by atoms with Crippen LogP contribution < -0.4 is 5.32 Å². The van der Waals surface area contributed by atoms with Crippen LogP contribution in [0.2, 0.25) is 0 Å². The Kier molecular flexibility index (Phi) is 2.58. The van der Waals surface area contributed by atoms with Crippen LogP contribution in [-0.4, -0.2) is 26.2 Å². The van der Waals surface area contributed by atoms with E-state index in [1.165, 1.54) is 7.11 Å². The molecule has 0 radical (unpaired) electrons. The fourth-order valence-electron chi connectivity index (χ4n) is 3.80. The van der Waals surface area contributed by atoms with Crippen LogP contribution in [0.3, 0.4) is 0 Å². The fourth-order valence-corrected chi connectivity index (χ4v) is 3.80. The molecule has 2 aliphatic carbocycles. The molecule has 1 N–H and O–H groups in total. The first kappa shape index (κ1) is 11.0. The minimum absolute atomic E-state index is 0.0195. The molecule has 4 unspecified atom stereocenters. The number of carbonyl (C=O) groups is 1. The molecule has 0 aromatic carbocycles. The standard InChI is InChI=1S/C14H19NO2/c1-17-13(16)14-7-11-5-3-2-4-10(11)6-12(14)8-15-9-14/h2-5,10-12,15H,6-9H2,1H3. The maximum absolute atomic E-state index is 12.1. The summed E-state index contributed by atoms with van der Waals surface area (Å²) >= 11 is 0. The van der Waals surface area contributed by atoms with E-state index in [-0.39, 0.29) is 11.4 Å². The van der Waals surface area contributed by atoms with Crippen LogP contribution in [0.1, 0.15) is 12.8 Å². The van der Waals surface area contributed by atoms with Crippen molar-refractivity contribution in [1.29, 1.82) is 0 Å². The predicted octanol–water partition coefficient (Wildman–Crippen LogP) is 1.52. The number of rotatable bonds is 1. The molecule has 4 atom stereocenters. The summed E-state index contributed by atoms with van der Waals surface area (Å²) in [6.07, 6.45) is 10.8. The topological polar surface area (TPSA) is 38.3 Å². The summed E-state index contributed by atoms with van der Waals surface area (Å²) in [5, 5.41) is 3.38. The molecule has 1 saturated heterocycles. The van der Waals surface area contributed by atoms with Gasteiger partial charge in [-0.3, -0.25) is 4.79 Å². The third-order valence-corrected chi connectivity index (χ3v) is 4.74. The fraction of sp³-hybridized carbons (Fsp3) is 0.643. The van der Waals surface area contributed by atoms with Crippen molar-refractivity contribution >= 4 is 5.97 Å². The molecule has 0 amide bonds. The molecule has 0 aromatic rings. The molecule has 2 fully saturated rings. The van der Waals surface area contributed by atoms with Gasteiger partial charge >= 0.3 is 5.97 Å². The van der Waals surface area contributed by atoms with Gasteiger partial charge in [-0.1, -0.05) is 24.3 Å². The lowest BCUT2D eigenvalue weighted by Crippen LogP contribution is -2.46. The van der Waals surface area contributed by atoms with Crippen molar-refractivity contribution in [1.82, 2.24) is 5.32 Å². The van der Waals surface area contributed by atoms with Crippen molar-refractivity contribution < 1.29 is 9.53 Å². The largest absolute Gasteiger partial charge is 0.469 e. The van der Waals surface area contributed by atoms with Crippen molar-refractivity contribution in [2.24, 2.45) is 23.2 Å². The van der Waals surface area contributed by atoms with Crippen molar-refractivity contribution in [2.45, 2.75) is 12.8 Å². The zero-order valence-corrected chi connectivity index (χ0v) is 10.2. The number of carbonyl (C=O) groups excluding carboxylic acids is 1. The third kappa shape index (κ3) is 1.56. The van der Waals surface area contributed by atoms with Gasteiger partial charge in [-0.2, -0.15) is 0 Å². The quantitative estimate of drug-likeness (QED) is 0.698. The molecule has 1 heterocycles. The molecule has 3 rings (SSSR count). The van der Waals surface area contributed by atoms with Gasteiger partial charge in [0.25, 0.3) is 0 Å². The Hall–Kier alpha value is -1.09. The molecule has 0 spiro atoms. The third-order valence-electron chi connectivity index (χ3n) is 4.74. The van der Waals surface area contributed by atoms with Crippen molar-refractivity contribution in [2.75, 3.05) is 20.2 Å². The summed E-state index contributed by atoms with van der Waals surface area (Å²) in [5.74, 6) is 1.54. The Morgan fingerprint density at radius 2 is 2.12 bits per heavy atom. The van der Waals surface area contributed by atoms with E-state index in [0.717, 1.165) is 25.9 Å². The molecule has 0 bridgehead atoms. The summed E-state index contributed by atoms with van der Waals surface area (Å²) in [5.41, 5.74) is -0.272. The second kappa shape index (κ2) is 3.98. The van der Waals surface area contributed by atoms with Gasteiger partial charge < -0.3 is 10.1 Å². The summed E-state index contributed by atoms with van der Waals surface area (Å²) < 4.78 is 5.05. The van der Waals surface area contributed by atoms with Crippen molar-refractivity contribution in [3.63, 3.8) is 0 Å². The molecule has 0 aromatic heterocycles. The average Bonchev–Trinajstić information content (AvgIpc) is 2.78. The second-order valence-corrected chi connectivity index (χ2v) is 5.51. The summed E-state index contributed by atoms with van der Waals surface area (Å²) in [4.78, 5) is 12.1. The number of hydrogen-bond donors (Lipinski definition) is 1. The highest BCUT2D eigenvalue weighted by molar-refractivity contribution is 5.78. The monoisotopic (exact) mass is 233 g/mol. The van der Waals surface area contributed by atoms with Gasteiger partial charge in [-0.25, -0.2) is 0 Å². The van der Waals surface area contributed by atoms with Gasteiger partial charge in [0.1, 0.15) is 0 Å². The number of esters is 1. The number of ether oxygens (including phenoxy) is 1. The summed E-state index contributed by atoms with van der Waals surface area (Å²) in [7, 11) is 1.51. The number of nitrogens with one attached hydrogen (secondary N) is 1. The normalized spacial score (nSPS) is 43.0. The highest BCUT2D eigenvalue weighted by atomic mass is 16.5. The maximum atomic E-state index is 12.1. The average molecular weight is 233 g/mol. The van der Waals surface area contributed by atoms with E-state index in [2.05, 4.69) is 29.6 Å². The van der Waals surface area contributed by atoms with Crippen molar-refractivity contribution in [3.8, 4) is 0 Å². The van der Waals surface area contributed by atoms with Crippen LogP contribution in [0.5, 0.6) is 0 Å². The zero-order chi connectivity index (χ0) is 11.9. The van der Waals surface area contributed by atoms with Crippen LogP contribution in [0.25, 0.3) is 0 Å². The maximum Gasteiger partial charge on any atom is 0.313 e. The molecule has 3 nitrogen and oxygen atoms in total. The second-order valence-electron chi connectivity index (χ2n) is 5.51. The minimum atomic E-state index is -0.272. The lowest BCUT2D eigenvalue weighted by molar-refractivity contribution is -0.157. The molecular formula is C14H19NO2. The zero-order valence-electron chi connectivity index (χ0n) is 10.2. The van der Waals surface area contributed by atoms with E-state index < -0.39 is 0 Å². The molecular weight excluding hydrogens is 214 g/mol. The Labute approximate surface area is 102 Å². The van der Waals surface area contributed by atoms with Gasteiger partial charge in [0.15, 0.2) is 0 Å². The molecule has 1 saturated carbocycles. The number of fused-ring (bicyclic) bond motifs is 2. The molecule has 1 aliphatic heterocycles. The summed E-state index contributed by atoms with van der Waals surface area (Å²) in [6, 6.07) is 0. The van der Waals surface area contributed by atoms with Crippen LogP contribution in [0.4, 0.5) is 0 Å². The Balaban J connectivity index is 1.90. The molecule has 3 aliphatic rings. The van der Waals surface area contributed by atoms with E-state index in [9.17, 15) is 4.79 Å². The van der Waals surface area contributed by atoms with Crippen LogP contribution in [-0.2, 0) is 9.53 Å². The number of hydrogen-bond acceptors (Lipinski definition) is 3. The first-order valence-corrected chi connectivity index (χ1v) is 6.40. The van der Waals surface area contributed by atoms with Crippen molar-refractivity contribution in [3.05, 3.63) is 24.3 Å². The van der Waals surface area contributed by atoms with Gasteiger partial charge in [0, 0.05) is 6.54 Å². The van der Waals surface area contributed by atoms with E-state index in [1.54, 1.807) is 0 Å². The molecule has 17 heavy (non-hydrogen) atoms. The Morgan fingerprint density at radius 1 is 1.35 bits per heavy atom. The highest BCUT2D eigenvalue weighted by Crippen LogP contribution is 2.50. The van der Waals surface area contributed by atoms with Gasteiger partial charge in [0.2, 0.25) is 0 Å². The first-order valence-electron chi connectivity index (χ1n) is 6.40. The smallest absolute Gasteiger partial charge is 0.313 e. The van der Waals surface area contributed by atoms with E-state index in [4.69, 9.17) is 4.74 Å². The molecule has 3 heteroatoms. The first-order chi connectivity index (χ1) is 8.26. The lowest BCUT2D eigenvalue weighted by Gasteiger charge is -2.43. The van der Waals surface area contributed by atoms with E-state index >= 15 is 0 Å². The van der Waals surface area contributed by atoms with Gasteiger partial charge in [-0.15, -0.1) is 0 Å². The minimum Gasteiger partial charge on any atom is -0.469 e. The predicted molar refractivity (Wildman–Crippen MR) is 65.3 cm³/mol. The number of methoxy groups -OCH3 is 1. The van der Waals surface area contributed by atoms with Crippen LogP contribution >= 0.6 is 0 Å². The van der Waals surface area contributed by atoms with E-state index in [1.807, 2.05) is 0 Å².